The third-order valence-corrected chi connectivity index (χ3v) is 8.74. The fourth-order valence-electron chi connectivity index (χ4n) is 7.41. The van der Waals surface area contributed by atoms with Crippen LogP contribution in [0.2, 0.25) is 0 Å². The molecule has 6 atom stereocenters. The minimum atomic E-state index is -1.01. The topological polar surface area (TPSA) is 60.4 Å². The van der Waals surface area contributed by atoms with Gasteiger partial charge in [0.1, 0.15) is 0 Å². The molecule has 0 spiro atoms. The second-order valence-electron chi connectivity index (χ2n) is 10.1. The van der Waals surface area contributed by atoms with Crippen molar-refractivity contribution in [1.29, 1.82) is 0 Å². The van der Waals surface area contributed by atoms with Gasteiger partial charge in [-0.15, -0.1) is 0 Å². The van der Waals surface area contributed by atoms with Gasteiger partial charge in [-0.05, 0) is 81.4 Å². The van der Waals surface area contributed by atoms with Gasteiger partial charge < -0.3 is 4.74 Å². The second kappa shape index (κ2) is 6.26. The molecule has 2 fully saturated rings. The van der Waals surface area contributed by atoms with Crippen LogP contribution in [0, 0.1) is 28.6 Å². The standard InChI is InChI=1S/C25H32O4/c1-14-11-18-19(23(5)13-15(2)22(28)12-21(14)23)7-9-24(6)20(18)8-10-25(24,16(3)26)29-17(4)27/h11-13,18-20H,7-10H2,1-6H3/t18-,19+,20+,23-,24+,25?/m1/s1. The molecule has 0 aliphatic heterocycles. The molecule has 4 aliphatic carbocycles. The summed E-state index contributed by atoms with van der Waals surface area (Å²) < 4.78 is 5.83. The molecule has 4 nitrogen and oxygen atoms in total. The monoisotopic (exact) mass is 396 g/mol. The lowest BCUT2D eigenvalue weighted by Gasteiger charge is -2.57. The summed E-state index contributed by atoms with van der Waals surface area (Å²) in [6.45, 7) is 11.4. The number of esters is 1. The van der Waals surface area contributed by atoms with Gasteiger partial charge >= 0.3 is 5.97 Å². The van der Waals surface area contributed by atoms with E-state index < -0.39 is 5.60 Å². The average Bonchev–Trinajstić information content (AvgIpc) is 2.91. The number of ether oxygens (including phenoxy) is 1. The molecule has 29 heavy (non-hydrogen) atoms. The van der Waals surface area contributed by atoms with Gasteiger partial charge in [0.25, 0.3) is 0 Å². The smallest absolute Gasteiger partial charge is 0.303 e. The van der Waals surface area contributed by atoms with Crippen molar-refractivity contribution in [3.05, 3.63) is 34.9 Å². The van der Waals surface area contributed by atoms with Gasteiger partial charge in [0, 0.05) is 17.8 Å². The third-order valence-electron chi connectivity index (χ3n) is 8.74. The lowest BCUT2D eigenvalue weighted by atomic mass is 9.47. The van der Waals surface area contributed by atoms with E-state index in [2.05, 4.69) is 32.9 Å². The lowest BCUT2D eigenvalue weighted by Crippen LogP contribution is -2.58. The zero-order valence-electron chi connectivity index (χ0n) is 18.4. The Bertz CT molecular complexity index is 906. The average molecular weight is 397 g/mol. The molecule has 4 heteroatoms. The minimum absolute atomic E-state index is 0.0292. The molecule has 2 saturated carbocycles. The Labute approximate surface area is 173 Å². The normalized spacial score (nSPS) is 43.3. The molecule has 0 N–H and O–H groups in total. The van der Waals surface area contributed by atoms with Crippen LogP contribution in [0.15, 0.2) is 34.9 Å². The van der Waals surface area contributed by atoms with Gasteiger partial charge in [0.15, 0.2) is 17.2 Å². The summed E-state index contributed by atoms with van der Waals surface area (Å²) in [6.07, 6.45) is 9.63. The van der Waals surface area contributed by atoms with E-state index in [1.165, 1.54) is 12.5 Å². The summed E-state index contributed by atoms with van der Waals surface area (Å²) in [6, 6.07) is 0. The zero-order chi connectivity index (χ0) is 21.4. The van der Waals surface area contributed by atoms with Gasteiger partial charge in [0.2, 0.25) is 0 Å². The Hall–Kier alpha value is -1.97. The first-order valence-corrected chi connectivity index (χ1v) is 10.8. The molecule has 0 heterocycles. The molecule has 0 aromatic heterocycles. The van der Waals surface area contributed by atoms with Gasteiger partial charge in [-0.3, -0.25) is 14.4 Å². The third kappa shape index (κ3) is 2.53. The minimum Gasteiger partial charge on any atom is -0.451 e. The second-order valence-corrected chi connectivity index (χ2v) is 10.1. The molecule has 0 bridgehead atoms. The van der Waals surface area contributed by atoms with Crippen LogP contribution < -0.4 is 0 Å². The maximum atomic E-state index is 12.8. The number of carbonyl (C=O) groups excluding carboxylic acids is 3. The van der Waals surface area contributed by atoms with Crippen molar-refractivity contribution < 1.29 is 19.1 Å². The van der Waals surface area contributed by atoms with E-state index in [-0.39, 0.29) is 34.3 Å². The van der Waals surface area contributed by atoms with E-state index >= 15 is 0 Å². The van der Waals surface area contributed by atoms with Crippen molar-refractivity contribution in [3.63, 3.8) is 0 Å². The van der Waals surface area contributed by atoms with Crippen molar-refractivity contribution in [2.45, 2.75) is 72.8 Å². The van der Waals surface area contributed by atoms with Gasteiger partial charge in [-0.25, -0.2) is 0 Å². The number of allylic oxidation sites excluding steroid dienone is 6. The highest BCUT2D eigenvalue weighted by molar-refractivity contribution is 6.06. The predicted molar refractivity (Wildman–Crippen MR) is 111 cm³/mol. The number of ketones is 2. The Kier molecular flexibility index (Phi) is 4.39. The molecule has 4 aliphatic rings. The summed E-state index contributed by atoms with van der Waals surface area (Å²) in [5.41, 5.74) is 1.61. The van der Waals surface area contributed by atoms with Gasteiger partial charge in [-0.2, -0.15) is 0 Å². The van der Waals surface area contributed by atoms with Crippen LogP contribution in [-0.2, 0) is 19.1 Å². The summed E-state index contributed by atoms with van der Waals surface area (Å²) >= 11 is 0. The summed E-state index contributed by atoms with van der Waals surface area (Å²) in [7, 11) is 0. The van der Waals surface area contributed by atoms with Crippen LogP contribution in [0.3, 0.4) is 0 Å². The van der Waals surface area contributed by atoms with Crippen LogP contribution in [0.1, 0.15) is 67.2 Å². The molecule has 0 radical (unpaired) electrons. The number of carbonyl (C=O) groups is 3. The van der Waals surface area contributed by atoms with Crippen molar-refractivity contribution in [1.82, 2.24) is 0 Å². The first-order chi connectivity index (χ1) is 13.5. The molecular formula is C25H32O4. The molecule has 1 unspecified atom stereocenters. The Morgan fingerprint density at radius 3 is 2.31 bits per heavy atom. The van der Waals surface area contributed by atoms with Crippen LogP contribution in [-0.4, -0.2) is 23.1 Å². The number of rotatable bonds is 2. The number of Topliss-reactive ketones (excluding diaryl/α,β-unsaturated/α-hetero) is 1. The van der Waals surface area contributed by atoms with Crippen molar-refractivity contribution in [2.24, 2.45) is 28.6 Å². The van der Waals surface area contributed by atoms with Crippen LogP contribution in [0.5, 0.6) is 0 Å². The van der Waals surface area contributed by atoms with Crippen LogP contribution in [0.25, 0.3) is 0 Å². The first-order valence-electron chi connectivity index (χ1n) is 10.8. The van der Waals surface area contributed by atoms with Crippen molar-refractivity contribution in [2.75, 3.05) is 0 Å². The van der Waals surface area contributed by atoms with Crippen molar-refractivity contribution in [3.8, 4) is 0 Å². The van der Waals surface area contributed by atoms with E-state index in [0.717, 1.165) is 30.4 Å². The molecule has 0 saturated heterocycles. The number of fused-ring (bicyclic) bond motifs is 5. The van der Waals surface area contributed by atoms with E-state index in [0.29, 0.717) is 18.3 Å². The maximum absolute atomic E-state index is 12.8. The fourth-order valence-corrected chi connectivity index (χ4v) is 7.41. The maximum Gasteiger partial charge on any atom is 0.303 e. The Morgan fingerprint density at radius 2 is 1.69 bits per heavy atom. The highest BCUT2D eigenvalue weighted by Gasteiger charge is 2.67. The van der Waals surface area contributed by atoms with Crippen molar-refractivity contribution >= 4 is 17.5 Å². The van der Waals surface area contributed by atoms with Crippen LogP contribution >= 0.6 is 0 Å². The van der Waals surface area contributed by atoms with E-state index in [1.807, 2.05) is 13.0 Å². The predicted octanol–water partition coefficient (Wildman–Crippen LogP) is 4.74. The summed E-state index contributed by atoms with van der Waals surface area (Å²) in [4.78, 5) is 37.1. The highest BCUT2D eigenvalue weighted by atomic mass is 16.6. The van der Waals surface area contributed by atoms with Gasteiger partial charge in [-0.1, -0.05) is 31.6 Å². The molecule has 4 rings (SSSR count). The van der Waals surface area contributed by atoms with E-state index in [4.69, 9.17) is 4.74 Å². The molecule has 0 amide bonds. The fraction of sp³-hybridized carbons (Fsp3) is 0.640. The van der Waals surface area contributed by atoms with Crippen LogP contribution in [0.4, 0.5) is 0 Å². The molecular weight excluding hydrogens is 364 g/mol. The Balaban J connectivity index is 1.81. The Morgan fingerprint density at radius 1 is 1.03 bits per heavy atom. The quantitative estimate of drug-likeness (QED) is 0.633. The van der Waals surface area contributed by atoms with E-state index in [1.54, 1.807) is 6.92 Å². The van der Waals surface area contributed by atoms with E-state index in [9.17, 15) is 14.4 Å². The number of hydrogen-bond acceptors (Lipinski definition) is 4. The molecule has 0 aromatic carbocycles. The zero-order valence-corrected chi connectivity index (χ0v) is 18.4. The molecule has 156 valence electrons. The number of hydrogen-bond donors (Lipinski definition) is 0. The lowest BCUT2D eigenvalue weighted by molar-refractivity contribution is -0.184. The molecule has 0 aromatic rings. The largest absolute Gasteiger partial charge is 0.451 e. The van der Waals surface area contributed by atoms with Gasteiger partial charge in [0.05, 0.1) is 0 Å². The summed E-state index contributed by atoms with van der Waals surface area (Å²) in [5.74, 6) is 0.683. The highest BCUT2D eigenvalue weighted by Crippen LogP contribution is 2.67. The summed E-state index contributed by atoms with van der Waals surface area (Å²) in [5, 5.41) is 0. The first kappa shape index (κ1) is 20.3. The SMILES string of the molecule is CC(=O)OC1(C(C)=O)CC[C@H]2[C@@H]3C=C(C)C4=CC(=O)C(C)=C[C@]4(C)[C@H]3CC[C@@]21C.